The number of rotatable bonds is 7. The molecule has 1 saturated carbocycles. The van der Waals surface area contributed by atoms with Gasteiger partial charge in [0.25, 0.3) is 0 Å². The molecule has 0 spiro atoms. The summed E-state index contributed by atoms with van der Waals surface area (Å²) >= 11 is 0. The first-order valence-corrected chi connectivity index (χ1v) is 12.6. The van der Waals surface area contributed by atoms with Gasteiger partial charge >= 0.3 is 6.09 Å². The van der Waals surface area contributed by atoms with Gasteiger partial charge in [-0.25, -0.2) is 9.78 Å². The van der Waals surface area contributed by atoms with Gasteiger partial charge in [-0.2, -0.15) is 5.26 Å². The van der Waals surface area contributed by atoms with E-state index in [1.54, 1.807) is 12.0 Å². The summed E-state index contributed by atoms with van der Waals surface area (Å²) in [4.78, 5) is 37.7. The van der Waals surface area contributed by atoms with Gasteiger partial charge in [0.2, 0.25) is 5.91 Å². The van der Waals surface area contributed by atoms with E-state index in [9.17, 15) is 14.9 Å². The minimum absolute atomic E-state index is 0.0291. The highest BCUT2D eigenvalue weighted by Gasteiger charge is 2.35. The number of aromatic nitrogens is 1. The molecule has 2 saturated heterocycles. The summed E-state index contributed by atoms with van der Waals surface area (Å²) in [5, 5.41) is 10.0. The van der Waals surface area contributed by atoms with Crippen molar-refractivity contribution in [2.45, 2.75) is 45.1 Å². The van der Waals surface area contributed by atoms with Crippen molar-refractivity contribution in [2.75, 3.05) is 75.9 Å². The number of methoxy groups -OCH3 is 1. The third kappa shape index (κ3) is 5.61. The molecule has 10 heteroatoms. The summed E-state index contributed by atoms with van der Waals surface area (Å²) in [6.45, 7) is 9.08. The molecule has 0 N–H and O–H groups in total. The molecule has 3 heterocycles. The maximum absolute atomic E-state index is 12.5. The molecule has 190 valence electrons. The van der Waals surface area contributed by atoms with Crippen molar-refractivity contribution in [1.29, 1.82) is 5.26 Å². The zero-order chi connectivity index (χ0) is 24.9. The molecule has 0 bridgehead atoms. The SMILES string of the molecule is CCOC(=O)N1CCN(c2cc(C#N)c(N3CCN(C(=O)CCOC)[C@H](C)C3)nc2C2CC2)CC1. The summed E-state index contributed by atoms with van der Waals surface area (Å²) in [5.41, 5.74) is 2.62. The third-order valence-electron chi connectivity index (χ3n) is 7.01. The Morgan fingerprint density at radius 3 is 2.46 bits per heavy atom. The molecule has 4 rings (SSSR count). The van der Waals surface area contributed by atoms with Crippen LogP contribution in [0.15, 0.2) is 6.07 Å². The number of hydrogen-bond acceptors (Lipinski definition) is 8. The van der Waals surface area contributed by atoms with E-state index in [4.69, 9.17) is 14.5 Å². The quantitative estimate of drug-likeness (QED) is 0.580. The van der Waals surface area contributed by atoms with Crippen LogP contribution in [-0.4, -0.2) is 99.0 Å². The number of hydrogen-bond donors (Lipinski definition) is 0. The molecule has 35 heavy (non-hydrogen) atoms. The van der Waals surface area contributed by atoms with Crippen LogP contribution in [0.5, 0.6) is 0 Å². The van der Waals surface area contributed by atoms with Gasteiger partial charge in [-0.1, -0.05) is 0 Å². The summed E-state index contributed by atoms with van der Waals surface area (Å²) in [5.74, 6) is 1.23. The molecule has 0 unspecified atom stereocenters. The van der Waals surface area contributed by atoms with Crippen molar-refractivity contribution in [3.63, 3.8) is 0 Å². The summed E-state index contributed by atoms with van der Waals surface area (Å²) in [7, 11) is 1.60. The van der Waals surface area contributed by atoms with Crippen molar-refractivity contribution >= 4 is 23.5 Å². The Kier molecular flexibility index (Phi) is 7.96. The van der Waals surface area contributed by atoms with Gasteiger partial charge < -0.3 is 29.1 Å². The molecule has 3 fully saturated rings. The third-order valence-corrected chi connectivity index (χ3v) is 7.01. The minimum Gasteiger partial charge on any atom is -0.450 e. The zero-order valence-electron chi connectivity index (χ0n) is 21.0. The van der Waals surface area contributed by atoms with Crippen LogP contribution >= 0.6 is 0 Å². The molecule has 1 aliphatic carbocycles. The Labute approximate surface area is 207 Å². The topological polar surface area (TPSA) is 102 Å². The van der Waals surface area contributed by atoms with Crippen molar-refractivity contribution in [1.82, 2.24) is 14.8 Å². The van der Waals surface area contributed by atoms with E-state index in [2.05, 4.69) is 15.9 Å². The van der Waals surface area contributed by atoms with E-state index in [0.29, 0.717) is 76.9 Å². The predicted octanol–water partition coefficient (Wildman–Crippen LogP) is 2.18. The Balaban J connectivity index is 1.51. The van der Waals surface area contributed by atoms with E-state index >= 15 is 0 Å². The summed E-state index contributed by atoms with van der Waals surface area (Å²) in [6, 6.07) is 4.38. The standard InChI is InChI=1S/C25H36N6O4/c1-4-35-25(33)29-10-8-28(9-11-29)21-15-20(16-26)24(27-23(21)19-5-6-19)30-12-13-31(18(2)17-30)22(32)7-14-34-3/h15,18-19H,4-14,17H2,1-3H3/t18-/m1/s1. The van der Waals surface area contributed by atoms with E-state index in [1.165, 1.54) is 0 Å². The largest absolute Gasteiger partial charge is 0.450 e. The molecule has 1 atom stereocenters. The number of carbonyl (C=O) groups is 2. The van der Waals surface area contributed by atoms with Gasteiger partial charge in [0.15, 0.2) is 0 Å². The number of anilines is 2. The number of carbonyl (C=O) groups excluding carboxylic acids is 2. The van der Waals surface area contributed by atoms with E-state index < -0.39 is 0 Å². The van der Waals surface area contributed by atoms with Crippen LogP contribution in [0.2, 0.25) is 0 Å². The van der Waals surface area contributed by atoms with Crippen LogP contribution in [0.4, 0.5) is 16.3 Å². The number of nitrogens with zero attached hydrogens (tertiary/aromatic N) is 6. The fourth-order valence-corrected chi connectivity index (χ4v) is 4.94. The lowest BCUT2D eigenvalue weighted by molar-refractivity contribution is -0.134. The number of nitriles is 1. The Hall–Kier alpha value is -3.06. The first-order valence-electron chi connectivity index (χ1n) is 12.6. The highest BCUT2D eigenvalue weighted by atomic mass is 16.6. The smallest absolute Gasteiger partial charge is 0.409 e. The second-order valence-corrected chi connectivity index (χ2v) is 9.45. The van der Waals surface area contributed by atoms with Gasteiger partial charge in [0.1, 0.15) is 11.9 Å². The number of amides is 2. The second kappa shape index (κ2) is 11.1. The fraction of sp³-hybridized carbons (Fsp3) is 0.680. The van der Waals surface area contributed by atoms with Crippen LogP contribution in [0.25, 0.3) is 0 Å². The van der Waals surface area contributed by atoms with Gasteiger partial charge in [0.05, 0.1) is 36.6 Å². The lowest BCUT2D eigenvalue weighted by atomic mass is 10.1. The van der Waals surface area contributed by atoms with Crippen LogP contribution < -0.4 is 9.80 Å². The zero-order valence-corrected chi connectivity index (χ0v) is 21.0. The van der Waals surface area contributed by atoms with Crippen molar-refractivity contribution in [3.8, 4) is 6.07 Å². The molecule has 10 nitrogen and oxygen atoms in total. The second-order valence-electron chi connectivity index (χ2n) is 9.45. The highest BCUT2D eigenvalue weighted by Crippen LogP contribution is 2.45. The molecular weight excluding hydrogens is 448 g/mol. The molecule has 0 aromatic carbocycles. The molecule has 1 aromatic rings. The Morgan fingerprint density at radius 2 is 1.86 bits per heavy atom. The molecule has 2 amide bonds. The van der Waals surface area contributed by atoms with E-state index in [0.717, 1.165) is 30.0 Å². The van der Waals surface area contributed by atoms with Crippen molar-refractivity contribution < 1.29 is 19.1 Å². The average molecular weight is 485 g/mol. The van der Waals surface area contributed by atoms with Gasteiger partial charge in [0, 0.05) is 64.9 Å². The first kappa shape index (κ1) is 25.0. The van der Waals surface area contributed by atoms with Gasteiger partial charge in [-0.15, -0.1) is 0 Å². The molecular formula is C25H36N6O4. The Morgan fingerprint density at radius 1 is 1.14 bits per heavy atom. The van der Waals surface area contributed by atoms with Crippen molar-refractivity contribution in [3.05, 3.63) is 17.3 Å². The van der Waals surface area contributed by atoms with E-state index in [-0.39, 0.29) is 18.0 Å². The lowest BCUT2D eigenvalue weighted by Crippen LogP contribution is -2.54. The maximum atomic E-state index is 12.5. The van der Waals surface area contributed by atoms with E-state index in [1.807, 2.05) is 24.8 Å². The maximum Gasteiger partial charge on any atom is 0.409 e. The van der Waals surface area contributed by atoms with Crippen molar-refractivity contribution in [2.24, 2.45) is 0 Å². The monoisotopic (exact) mass is 484 g/mol. The first-order chi connectivity index (χ1) is 17.0. The van der Waals surface area contributed by atoms with Gasteiger partial charge in [-0.3, -0.25) is 4.79 Å². The fourth-order valence-electron chi connectivity index (χ4n) is 4.94. The lowest BCUT2D eigenvalue weighted by Gasteiger charge is -2.41. The normalized spacial score (nSPS) is 20.6. The summed E-state index contributed by atoms with van der Waals surface area (Å²) < 4.78 is 10.2. The Bertz CT molecular complexity index is 967. The van der Waals surface area contributed by atoms with Gasteiger partial charge in [-0.05, 0) is 32.8 Å². The molecule has 0 radical (unpaired) electrons. The number of piperazine rings is 2. The van der Waals surface area contributed by atoms with Crippen LogP contribution in [0, 0.1) is 11.3 Å². The predicted molar refractivity (Wildman–Crippen MR) is 132 cm³/mol. The minimum atomic E-state index is -0.269. The molecule has 2 aliphatic heterocycles. The van der Waals surface area contributed by atoms with Crippen LogP contribution in [0.3, 0.4) is 0 Å². The van der Waals surface area contributed by atoms with Crippen LogP contribution in [-0.2, 0) is 14.3 Å². The molecule has 1 aromatic heterocycles. The molecule has 3 aliphatic rings. The highest BCUT2D eigenvalue weighted by molar-refractivity contribution is 5.77. The average Bonchev–Trinajstić information content (AvgIpc) is 3.72. The summed E-state index contributed by atoms with van der Waals surface area (Å²) in [6.07, 6.45) is 2.32. The number of ether oxygens (including phenoxy) is 2. The number of pyridine rings is 1. The van der Waals surface area contributed by atoms with Crippen LogP contribution in [0.1, 0.15) is 50.3 Å².